The maximum atomic E-state index is 11.9. The molecule has 0 saturated heterocycles. The number of ether oxygens (including phenoxy) is 2. The molecular weight excluding hydrogens is 218 g/mol. The fourth-order valence-corrected chi connectivity index (χ4v) is 1.31. The Morgan fingerprint density at radius 1 is 1.35 bits per heavy atom. The molecule has 0 aliphatic heterocycles. The average molecular weight is 235 g/mol. The third-order valence-corrected chi connectivity index (χ3v) is 2.20. The molecule has 0 aliphatic rings. The van der Waals surface area contributed by atoms with Crippen LogP contribution in [0.1, 0.15) is 17.3 Å². The number of benzene rings is 1. The second-order valence-electron chi connectivity index (χ2n) is 3.71. The van der Waals surface area contributed by atoms with E-state index in [4.69, 9.17) is 9.47 Å². The molecule has 4 heteroatoms. The van der Waals surface area contributed by atoms with E-state index in [1.54, 1.807) is 25.3 Å². The highest BCUT2D eigenvalue weighted by molar-refractivity contribution is 5.97. The lowest BCUT2D eigenvalue weighted by Crippen LogP contribution is -2.25. The van der Waals surface area contributed by atoms with Crippen LogP contribution in [0.3, 0.4) is 0 Å². The number of nitrogens with one attached hydrogen (secondary N) is 1. The maximum absolute atomic E-state index is 11.9. The number of carbonyl (C=O) groups excluding carboxylic acids is 1. The first-order valence-corrected chi connectivity index (χ1v) is 5.23. The van der Waals surface area contributed by atoms with E-state index in [2.05, 4.69) is 11.9 Å². The largest absolute Gasteiger partial charge is 0.497 e. The van der Waals surface area contributed by atoms with E-state index in [-0.39, 0.29) is 5.91 Å². The van der Waals surface area contributed by atoms with Crippen molar-refractivity contribution in [3.05, 3.63) is 35.9 Å². The van der Waals surface area contributed by atoms with Gasteiger partial charge in [-0.05, 0) is 19.1 Å². The summed E-state index contributed by atoms with van der Waals surface area (Å²) in [4.78, 5) is 11.9. The van der Waals surface area contributed by atoms with Crippen LogP contribution in [-0.4, -0.2) is 26.7 Å². The van der Waals surface area contributed by atoms with Crippen LogP contribution in [0.5, 0.6) is 11.5 Å². The summed E-state index contributed by atoms with van der Waals surface area (Å²) in [5.74, 6) is 0.953. The summed E-state index contributed by atoms with van der Waals surface area (Å²) in [5.41, 5.74) is 1.38. The number of hydrogen-bond donors (Lipinski definition) is 1. The van der Waals surface area contributed by atoms with Crippen molar-refractivity contribution in [2.24, 2.45) is 0 Å². The van der Waals surface area contributed by atoms with E-state index in [1.807, 2.05) is 6.92 Å². The summed E-state index contributed by atoms with van der Waals surface area (Å²) < 4.78 is 10.2. The van der Waals surface area contributed by atoms with Crippen molar-refractivity contribution in [2.75, 3.05) is 20.8 Å². The Morgan fingerprint density at radius 2 is 2.06 bits per heavy atom. The first-order valence-electron chi connectivity index (χ1n) is 5.23. The topological polar surface area (TPSA) is 47.6 Å². The molecule has 0 unspecified atom stereocenters. The highest BCUT2D eigenvalue weighted by Gasteiger charge is 2.12. The summed E-state index contributed by atoms with van der Waals surface area (Å²) >= 11 is 0. The highest BCUT2D eigenvalue weighted by atomic mass is 16.5. The molecule has 1 aromatic carbocycles. The Labute approximate surface area is 101 Å². The van der Waals surface area contributed by atoms with Gasteiger partial charge in [0.25, 0.3) is 5.91 Å². The molecule has 17 heavy (non-hydrogen) atoms. The monoisotopic (exact) mass is 235 g/mol. The molecule has 0 atom stereocenters. The van der Waals surface area contributed by atoms with Crippen LogP contribution in [0.2, 0.25) is 0 Å². The minimum absolute atomic E-state index is 0.187. The van der Waals surface area contributed by atoms with Crippen LogP contribution < -0.4 is 14.8 Å². The molecule has 0 bridgehead atoms. The molecule has 1 aromatic rings. The van der Waals surface area contributed by atoms with E-state index in [0.29, 0.717) is 23.6 Å². The minimum Gasteiger partial charge on any atom is -0.497 e. The zero-order valence-electron chi connectivity index (χ0n) is 10.4. The fourth-order valence-electron chi connectivity index (χ4n) is 1.31. The summed E-state index contributed by atoms with van der Waals surface area (Å²) in [5, 5.41) is 2.75. The molecule has 1 N–H and O–H groups in total. The Morgan fingerprint density at radius 3 is 2.59 bits per heavy atom. The van der Waals surface area contributed by atoms with Gasteiger partial charge in [0.1, 0.15) is 11.5 Å². The third-order valence-electron chi connectivity index (χ3n) is 2.20. The second kappa shape index (κ2) is 5.94. The number of rotatable bonds is 5. The number of hydrogen-bond acceptors (Lipinski definition) is 3. The van der Waals surface area contributed by atoms with Gasteiger partial charge >= 0.3 is 0 Å². The summed E-state index contributed by atoms with van der Waals surface area (Å²) in [6, 6.07) is 5.07. The van der Waals surface area contributed by atoms with E-state index in [9.17, 15) is 4.79 Å². The van der Waals surface area contributed by atoms with Crippen molar-refractivity contribution in [1.29, 1.82) is 0 Å². The maximum Gasteiger partial charge on any atom is 0.255 e. The number of amides is 1. The first-order chi connectivity index (χ1) is 8.08. The molecule has 0 heterocycles. The normalized spacial score (nSPS) is 9.59. The highest BCUT2D eigenvalue weighted by Crippen LogP contribution is 2.24. The van der Waals surface area contributed by atoms with Gasteiger partial charge < -0.3 is 14.8 Å². The molecule has 92 valence electrons. The Hall–Kier alpha value is -1.97. The lowest BCUT2D eigenvalue weighted by atomic mass is 10.1. The van der Waals surface area contributed by atoms with Crippen molar-refractivity contribution in [3.63, 3.8) is 0 Å². The smallest absolute Gasteiger partial charge is 0.255 e. The van der Waals surface area contributed by atoms with Crippen LogP contribution in [-0.2, 0) is 0 Å². The summed E-state index contributed by atoms with van der Waals surface area (Å²) in [6.07, 6.45) is 0. The van der Waals surface area contributed by atoms with Gasteiger partial charge in [-0.25, -0.2) is 0 Å². The second-order valence-corrected chi connectivity index (χ2v) is 3.71. The Kier molecular flexibility index (Phi) is 4.57. The zero-order chi connectivity index (χ0) is 12.8. The Balaban J connectivity index is 2.89. The van der Waals surface area contributed by atoms with Crippen LogP contribution in [0.4, 0.5) is 0 Å². The molecule has 0 radical (unpaired) electrons. The van der Waals surface area contributed by atoms with Crippen molar-refractivity contribution < 1.29 is 14.3 Å². The van der Waals surface area contributed by atoms with Crippen molar-refractivity contribution >= 4 is 5.91 Å². The van der Waals surface area contributed by atoms with Gasteiger partial charge in [0.2, 0.25) is 0 Å². The molecule has 4 nitrogen and oxygen atoms in total. The minimum atomic E-state index is -0.187. The van der Waals surface area contributed by atoms with Gasteiger partial charge in [-0.15, -0.1) is 0 Å². The predicted molar refractivity (Wildman–Crippen MR) is 66.7 cm³/mol. The lowest BCUT2D eigenvalue weighted by Gasteiger charge is -2.10. The van der Waals surface area contributed by atoms with Gasteiger partial charge in [0.05, 0.1) is 19.8 Å². The molecule has 0 spiro atoms. The van der Waals surface area contributed by atoms with Crippen LogP contribution in [0.25, 0.3) is 0 Å². The van der Waals surface area contributed by atoms with Crippen LogP contribution in [0, 0.1) is 0 Å². The quantitative estimate of drug-likeness (QED) is 0.794. The van der Waals surface area contributed by atoms with Gasteiger partial charge in [0, 0.05) is 12.6 Å². The molecule has 0 fully saturated rings. The molecule has 0 aromatic heterocycles. The summed E-state index contributed by atoms with van der Waals surface area (Å²) in [7, 11) is 3.08. The first kappa shape index (κ1) is 13.1. The van der Waals surface area contributed by atoms with Crippen LogP contribution >= 0.6 is 0 Å². The molecule has 1 amide bonds. The van der Waals surface area contributed by atoms with Crippen molar-refractivity contribution in [2.45, 2.75) is 6.92 Å². The number of methoxy groups -OCH3 is 2. The average Bonchev–Trinajstić information content (AvgIpc) is 2.34. The Bertz CT molecular complexity index is 427. The molecule has 1 rings (SSSR count). The van der Waals surface area contributed by atoms with E-state index in [1.165, 1.54) is 7.11 Å². The van der Waals surface area contributed by atoms with E-state index >= 15 is 0 Å². The molecule has 0 saturated carbocycles. The third kappa shape index (κ3) is 3.52. The fraction of sp³-hybridized carbons (Fsp3) is 0.308. The van der Waals surface area contributed by atoms with Gasteiger partial charge in [0.15, 0.2) is 0 Å². The van der Waals surface area contributed by atoms with Crippen molar-refractivity contribution in [3.8, 4) is 11.5 Å². The standard InChI is InChI=1S/C13H17NO3/c1-9(2)8-14-13(15)11-6-5-10(16-3)7-12(11)17-4/h5-7H,1,8H2,2-4H3,(H,14,15). The van der Waals surface area contributed by atoms with Gasteiger partial charge in [-0.3, -0.25) is 4.79 Å². The van der Waals surface area contributed by atoms with E-state index in [0.717, 1.165) is 5.57 Å². The van der Waals surface area contributed by atoms with Gasteiger partial charge in [-0.2, -0.15) is 0 Å². The summed E-state index contributed by atoms with van der Waals surface area (Å²) in [6.45, 7) is 6.03. The molecular formula is C13H17NO3. The SMILES string of the molecule is C=C(C)CNC(=O)c1ccc(OC)cc1OC. The number of carbonyl (C=O) groups is 1. The van der Waals surface area contributed by atoms with Crippen LogP contribution in [0.15, 0.2) is 30.4 Å². The zero-order valence-corrected chi connectivity index (χ0v) is 10.4. The lowest BCUT2D eigenvalue weighted by molar-refractivity contribution is 0.0954. The van der Waals surface area contributed by atoms with Gasteiger partial charge in [-0.1, -0.05) is 12.2 Å². The molecule has 0 aliphatic carbocycles. The van der Waals surface area contributed by atoms with Crippen molar-refractivity contribution in [1.82, 2.24) is 5.32 Å². The predicted octanol–water partition coefficient (Wildman–Crippen LogP) is 2.01. The van der Waals surface area contributed by atoms with E-state index < -0.39 is 0 Å².